The third-order valence-electron chi connectivity index (χ3n) is 5.07. The molecule has 2 aromatic rings. The first-order chi connectivity index (χ1) is 14.0. The average molecular weight is 417 g/mol. The predicted octanol–water partition coefficient (Wildman–Crippen LogP) is 2.81. The molecule has 1 aromatic heterocycles. The van der Waals surface area contributed by atoms with Gasteiger partial charge in [-0.1, -0.05) is 18.2 Å². The van der Waals surface area contributed by atoms with Crippen molar-refractivity contribution >= 4 is 22.9 Å². The molecule has 3 rings (SSSR count). The predicted molar refractivity (Wildman–Crippen MR) is 114 cm³/mol. The van der Waals surface area contributed by atoms with E-state index in [4.69, 9.17) is 9.47 Å². The lowest BCUT2D eigenvalue weighted by molar-refractivity contribution is -0.128. The van der Waals surface area contributed by atoms with Gasteiger partial charge in [0.25, 0.3) is 0 Å². The maximum absolute atomic E-state index is 13.1. The molecule has 30 heavy (non-hydrogen) atoms. The highest BCUT2D eigenvalue weighted by Gasteiger charge is 2.34. The fraction of sp³-hybridized carbons (Fsp3) is 0.591. The number of ether oxygens (including phenoxy) is 2. The summed E-state index contributed by atoms with van der Waals surface area (Å²) in [6.07, 6.45) is -0.430. The third-order valence-corrected chi connectivity index (χ3v) is 5.07. The summed E-state index contributed by atoms with van der Waals surface area (Å²) >= 11 is 0. The minimum Gasteiger partial charge on any atom is -0.444 e. The molecule has 1 saturated heterocycles. The number of rotatable bonds is 3. The lowest BCUT2D eigenvalue weighted by Crippen LogP contribution is -2.48. The number of amides is 2. The number of benzene rings is 1. The third kappa shape index (κ3) is 4.92. The van der Waals surface area contributed by atoms with Crippen LogP contribution in [-0.4, -0.2) is 58.6 Å². The van der Waals surface area contributed by atoms with Crippen LogP contribution in [0.2, 0.25) is 0 Å². The molecule has 2 amide bonds. The topological polar surface area (TPSA) is 85.7 Å². The number of aromatic nitrogens is 2. The summed E-state index contributed by atoms with van der Waals surface area (Å²) in [4.78, 5) is 27.2. The van der Waals surface area contributed by atoms with Gasteiger partial charge in [-0.15, -0.1) is 0 Å². The van der Waals surface area contributed by atoms with Gasteiger partial charge in [0.05, 0.1) is 35.9 Å². The second-order valence-corrected chi connectivity index (χ2v) is 9.30. The molecule has 0 bridgehead atoms. The number of carbonyl (C=O) groups is 2. The van der Waals surface area contributed by atoms with Crippen LogP contribution in [0.5, 0.6) is 0 Å². The van der Waals surface area contributed by atoms with E-state index < -0.39 is 23.2 Å². The standard InChI is InChI=1S/C22H32N4O4/c1-21(2,3)30-20(28)26-11-12-29-14-15(13-26)19(27)23-22(4,5)18-16-9-7-8-10-17(16)25(6)24-18/h7-10,15H,11-14H2,1-6H3,(H,23,27). The fourth-order valence-corrected chi connectivity index (χ4v) is 3.61. The van der Waals surface area contributed by atoms with Crippen molar-refractivity contribution in [2.75, 3.05) is 26.3 Å². The molecular weight excluding hydrogens is 384 g/mol. The molecule has 0 radical (unpaired) electrons. The van der Waals surface area contributed by atoms with Crippen molar-refractivity contribution in [2.45, 2.75) is 45.8 Å². The highest BCUT2D eigenvalue weighted by molar-refractivity contribution is 5.85. The van der Waals surface area contributed by atoms with Crippen molar-refractivity contribution in [1.29, 1.82) is 0 Å². The minimum absolute atomic E-state index is 0.176. The van der Waals surface area contributed by atoms with Crippen molar-refractivity contribution in [3.8, 4) is 0 Å². The van der Waals surface area contributed by atoms with Crippen LogP contribution in [0.1, 0.15) is 40.3 Å². The van der Waals surface area contributed by atoms with Crippen LogP contribution in [0.15, 0.2) is 24.3 Å². The largest absolute Gasteiger partial charge is 0.444 e. The lowest BCUT2D eigenvalue weighted by Gasteiger charge is -2.30. The number of carbonyl (C=O) groups excluding carboxylic acids is 2. The maximum Gasteiger partial charge on any atom is 0.410 e. The Hall–Kier alpha value is -2.61. The van der Waals surface area contributed by atoms with Gasteiger partial charge >= 0.3 is 6.09 Å². The van der Waals surface area contributed by atoms with Crippen molar-refractivity contribution < 1.29 is 19.1 Å². The molecule has 8 heteroatoms. The summed E-state index contributed by atoms with van der Waals surface area (Å²) in [5.74, 6) is -0.667. The van der Waals surface area contributed by atoms with Gasteiger partial charge in [-0.3, -0.25) is 9.48 Å². The Morgan fingerprint density at radius 1 is 1.20 bits per heavy atom. The first-order valence-electron chi connectivity index (χ1n) is 10.3. The number of nitrogens with one attached hydrogen (secondary N) is 1. The number of fused-ring (bicyclic) bond motifs is 1. The minimum atomic E-state index is -0.693. The highest BCUT2D eigenvalue weighted by Crippen LogP contribution is 2.28. The maximum atomic E-state index is 13.1. The van der Waals surface area contributed by atoms with E-state index in [2.05, 4.69) is 10.4 Å². The number of hydrogen-bond donors (Lipinski definition) is 1. The number of nitrogens with zero attached hydrogens (tertiary/aromatic N) is 3. The summed E-state index contributed by atoms with van der Waals surface area (Å²) in [5, 5.41) is 8.76. The number of hydrogen-bond acceptors (Lipinski definition) is 5. The van der Waals surface area contributed by atoms with Crippen molar-refractivity contribution in [3.05, 3.63) is 30.0 Å². The zero-order valence-electron chi connectivity index (χ0n) is 18.7. The van der Waals surface area contributed by atoms with E-state index in [-0.39, 0.29) is 19.1 Å². The van der Waals surface area contributed by atoms with E-state index in [1.54, 1.807) is 4.90 Å². The number of para-hydroxylation sites is 1. The van der Waals surface area contributed by atoms with Crippen LogP contribution in [0.25, 0.3) is 10.9 Å². The van der Waals surface area contributed by atoms with Crippen molar-refractivity contribution in [1.82, 2.24) is 20.0 Å². The van der Waals surface area contributed by atoms with Gasteiger partial charge in [0.15, 0.2) is 0 Å². The van der Waals surface area contributed by atoms with E-state index in [0.717, 1.165) is 16.6 Å². The lowest BCUT2D eigenvalue weighted by atomic mass is 9.96. The van der Waals surface area contributed by atoms with E-state index in [1.165, 1.54) is 0 Å². The van der Waals surface area contributed by atoms with Crippen LogP contribution in [-0.2, 0) is 26.9 Å². The average Bonchev–Trinajstić information content (AvgIpc) is 2.83. The quantitative estimate of drug-likeness (QED) is 0.832. The zero-order chi connectivity index (χ0) is 22.1. The Bertz CT molecular complexity index is 929. The van der Waals surface area contributed by atoms with Crippen molar-refractivity contribution in [2.24, 2.45) is 13.0 Å². The second kappa shape index (κ2) is 8.26. The summed E-state index contributed by atoms with van der Waals surface area (Å²) in [6.45, 7) is 10.6. The highest BCUT2D eigenvalue weighted by atomic mass is 16.6. The Balaban J connectivity index is 1.75. The summed E-state index contributed by atoms with van der Waals surface area (Å²) < 4.78 is 12.9. The van der Waals surface area contributed by atoms with E-state index in [0.29, 0.717) is 13.2 Å². The molecule has 8 nitrogen and oxygen atoms in total. The molecule has 1 unspecified atom stereocenters. The van der Waals surface area contributed by atoms with Crippen LogP contribution in [0, 0.1) is 5.92 Å². The van der Waals surface area contributed by atoms with Gasteiger partial charge in [0.2, 0.25) is 5.91 Å². The van der Waals surface area contributed by atoms with Crippen LogP contribution in [0.4, 0.5) is 4.79 Å². The van der Waals surface area contributed by atoms with E-state index in [9.17, 15) is 9.59 Å². The molecule has 1 N–H and O–H groups in total. The molecule has 0 spiro atoms. The first kappa shape index (κ1) is 22.1. The molecule has 0 aliphatic carbocycles. The van der Waals surface area contributed by atoms with E-state index in [1.807, 2.05) is 70.6 Å². The summed E-state index contributed by atoms with van der Waals surface area (Å²) in [6, 6.07) is 7.93. The molecule has 1 fully saturated rings. The van der Waals surface area contributed by atoms with Gasteiger partial charge in [-0.2, -0.15) is 5.10 Å². The van der Waals surface area contributed by atoms with E-state index >= 15 is 0 Å². The molecule has 1 atom stereocenters. The monoisotopic (exact) mass is 416 g/mol. The zero-order valence-corrected chi connectivity index (χ0v) is 18.7. The van der Waals surface area contributed by atoms with Gasteiger partial charge in [0, 0.05) is 25.5 Å². The van der Waals surface area contributed by atoms with Gasteiger partial charge in [-0.05, 0) is 40.7 Å². The molecule has 1 aromatic carbocycles. The van der Waals surface area contributed by atoms with Crippen molar-refractivity contribution in [3.63, 3.8) is 0 Å². The molecule has 1 aliphatic rings. The van der Waals surface area contributed by atoms with Gasteiger partial charge < -0.3 is 19.7 Å². The molecule has 1 aliphatic heterocycles. The summed E-state index contributed by atoms with van der Waals surface area (Å²) in [7, 11) is 1.89. The van der Waals surface area contributed by atoms with Gasteiger partial charge in [0.1, 0.15) is 5.60 Å². The molecule has 0 saturated carbocycles. The molecular formula is C22H32N4O4. The summed E-state index contributed by atoms with van der Waals surface area (Å²) in [5.41, 5.74) is 0.515. The van der Waals surface area contributed by atoms with Crippen LogP contribution < -0.4 is 5.32 Å². The Labute approximate surface area is 177 Å². The van der Waals surface area contributed by atoms with Crippen LogP contribution in [0.3, 0.4) is 0 Å². The number of aryl methyl sites for hydroxylation is 1. The second-order valence-electron chi connectivity index (χ2n) is 9.30. The smallest absolute Gasteiger partial charge is 0.410 e. The first-order valence-corrected chi connectivity index (χ1v) is 10.3. The Morgan fingerprint density at radius 3 is 2.60 bits per heavy atom. The van der Waals surface area contributed by atoms with Crippen LogP contribution >= 0.6 is 0 Å². The molecule has 2 heterocycles. The Morgan fingerprint density at radius 2 is 1.90 bits per heavy atom. The fourth-order valence-electron chi connectivity index (χ4n) is 3.61. The normalized spacial score (nSPS) is 18.2. The SMILES string of the molecule is Cn1nc(C(C)(C)NC(=O)C2COCCN(C(=O)OC(C)(C)C)C2)c2ccccc21. The molecule has 164 valence electrons. The Kier molecular flexibility index (Phi) is 6.08. The van der Waals surface area contributed by atoms with Gasteiger partial charge in [-0.25, -0.2) is 4.79 Å².